The molecule has 0 saturated heterocycles. The molecule has 3 heteroatoms. The topological polar surface area (TPSA) is 36.9 Å². The lowest BCUT2D eigenvalue weighted by Crippen LogP contribution is -1.62. The van der Waals surface area contributed by atoms with Crippen LogP contribution < -0.4 is 0 Å². The fourth-order valence-electron chi connectivity index (χ4n) is 0.386. The SMILES string of the molecule is N#Cc1ccoc1S. The zero-order valence-corrected chi connectivity index (χ0v) is 4.85. The molecule has 0 aliphatic heterocycles. The minimum Gasteiger partial charge on any atom is -0.457 e. The largest absolute Gasteiger partial charge is 0.457 e. The minimum atomic E-state index is 0.382. The summed E-state index contributed by atoms with van der Waals surface area (Å²) in [5, 5.41) is 8.63. The molecule has 8 heavy (non-hydrogen) atoms. The molecule has 0 bridgehead atoms. The lowest BCUT2D eigenvalue weighted by molar-refractivity contribution is 0.475. The van der Waals surface area contributed by atoms with Gasteiger partial charge in [-0.15, -0.1) is 12.6 Å². The third-order valence-electron chi connectivity index (χ3n) is 0.765. The lowest BCUT2D eigenvalue weighted by atomic mass is 10.4. The van der Waals surface area contributed by atoms with Crippen LogP contribution in [0.15, 0.2) is 21.8 Å². The molecule has 0 saturated carbocycles. The van der Waals surface area contributed by atoms with E-state index in [1.165, 1.54) is 6.26 Å². The zero-order chi connectivity index (χ0) is 5.98. The second kappa shape index (κ2) is 1.93. The first-order chi connectivity index (χ1) is 3.84. The van der Waals surface area contributed by atoms with Crippen molar-refractivity contribution in [3.05, 3.63) is 17.9 Å². The summed E-state index contributed by atoms with van der Waals surface area (Å²) in [5.41, 5.74) is 0.480. The highest BCUT2D eigenvalue weighted by Crippen LogP contribution is 2.11. The molecule has 1 rings (SSSR count). The Hall–Kier alpha value is -0.880. The minimum absolute atomic E-state index is 0.382. The Balaban J connectivity index is 3.15. The Kier molecular flexibility index (Phi) is 1.27. The number of furan rings is 1. The zero-order valence-electron chi connectivity index (χ0n) is 3.96. The molecule has 0 amide bonds. The summed E-state index contributed by atoms with van der Waals surface area (Å²) in [7, 11) is 0. The first-order valence-electron chi connectivity index (χ1n) is 2.01. The van der Waals surface area contributed by atoms with E-state index in [0.717, 1.165) is 0 Å². The number of hydrogen-bond acceptors (Lipinski definition) is 3. The van der Waals surface area contributed by atoms with Crippen molar-refractivity contribution >= 4 is 12.6 Å². The van der Waals surface area contributed by atoms with Gasteiger partial charge in [-0.2, -0.15) is 5.26 Å². The average molecular weight is 125 g/mol. The first kappa shape index (κ1) is 5.26. The standard InChI is InChI=1S/C5H3NOS/c6-3-4-1-2-7-5(4)8/h1-2,8H. The number of rotatable bonds is 0. The normalized spacial score (nSPS) is 8.50. The quantitative estimate of drug-likeness (QED) is 0.532. The summed E-state index contributed by atoms with van der Waals surface area (Å²) in [6.07, 6.45) is 1.43. The molecule has 0 aliphatic rings. The fourth-order valence-corrected chi connectivity index (χ4v) is 0.572. The van der Waals surface area contributed by atoms with Crippen molar-refractivity contribution in [1.29, 1.82) is 5.26 Å². The molecule has 0 aliphatic carbocycles. The van der Waals surface area contributed by atoms with Gasteiger partial charge >= 0.3 is 0 Å². The van der Waals surface area contributed by atoms with Crippen LogP contribution in [0.2, 0.25) is 0 Å². The summed E-state index contributed by atoms with van der Waals surface area (Å²) >= 11 is 3.84. The van der Waals surface area contributed by atoms with Gasteiger partial charge < -0.3 is 4.42 Å². The fraction of sp³-hybridized carbons (Fsp3) is 0. The van der Waals surface area contributed by atoms with Gasteiger partial charge in [0.05, 0.1) is 6.26 Å². The molecular weight excluding hydrogens is 122 g/mol. The summed E-state index contributed by atoms with van der Waals surface area (Å²) in [5.74, 6) is 0. The van der Waals surface area contributed by atoms with Crippen molar-refractivity contribution in [3.8, 4) is 6.07 Å². The van der Waals surface area contributed by atoms with Crippen molar-refractivity contribution in [1.82, 2.24) is 0 Å². The Morgan fingerprint density at radius 3 is 2.75 bits per heavy atom. The Morgan fingerprint density at radius 1 is 1.75 bits per heavy atom. The molecule has 0 aromatic carbocycles. The van der Waals surface area contributed by atoms with Crippen LogP contribution >= 0.6 is 12.6 Å². The van der Waals surface area contributed by atoms with Crippen molar-refractivity contribution in [2.45, 2.75) is 5.09 Å². The van der Waals surface area contributed by atoms with E-state index in [4.69, 9.17) is 9.68 Å². The van der Waals surface area contributed by atoms with Crippen LogP contribution in [0.3, 0.4) is 0 Å². The third kappa shape index (κ3) is 0.703. The molecule has 0 unspecified atom stereocenters. The van der Waals surface area contributed by atoms with Gasteiger partial charge in [0.1, 0.15) is 11.6 Å². The Labute approximate surface area is 52.1 Å². The van der Waals surface area contributed by atoms with Crippen LogP contribution in [-0.2, 0) is 0 Å². The summed E-state index contributed by atoms with van der Waals surface area (Å²) in [4.78, 5) is 0. The number of nitriles is 1. The van der Waals surface area contributed by atoms with E-state index in [1.54, 1.807) is 6.07 Å². The first-order valence-corrected chi connectivity index (χ1v) is 2.46. The predicted octanol–water partition coefficient (Wildman–Crippen LogP) is 1.44. The molecule has 1 heterocycles. The van der Waals surface area contributed by atoms with E-state index in [1.807, 2.05) is 6.07 Å². The van der Waals surface area contributed by atoms with Gasteiger partial charge in [0, 0.05) is 0 Å². The maximum Gasteiger partial charge on any atom is 0.174 e. The number of hydrogen-bond donors (Lipinski definition) is 1. The number of nitrogens with zero attached hydrogens (tertiary/aromatic N) is 1. The van der Waals surface area contributed by atoms with Gasteiger partial charge in [-0.1, -0.05) is 0 Å². The van der Waals surface area contributed by atoms with Crippen molar-refractivity contribution in [3.63, 3.8) is 0 Å². The third-order valence-corrected chi connectivity index (χ3v) is 1.11. The van der Waals surface area contributed by atoms with Gasteiger partial charge in [-0.3, -0.25) is 0 Å². The second-order valence-corrected chi connectivity index (χ2v) is 1.66. The molecule has 0 radical (unpaired) electrons. The van der Waals surface area contributed by atoms with Crippen LogP contribution in [-0.4, -0.2) is 0 Å². The molecule has 2 nitrogen and oxygen atoms in total. The van der Waals surface area contributed by atoms with Crippen molar-refractivity contribution in [2.24, 2.45) is 0 Å². The van der Waals surface area contributed by atoms with Crippen molar-refractivity contribution < 1.29 is 4.42 Å². The molecule has 40 valence electrons. The predicted molar refractivity (Wildman–Crippen MR) is 30.7 cm³/mol. The molecule has 0 N–H and O–H groups in total. The van der Waals surface area contributed by atoms with Crippen molar-refractivity contribution in [2.75, 3.05) is 0 Å². The molecule has 1 aromatic rings. The second-order valence-electron chi connectivity index (χ2n) is 1.25. The van der Waals surface area contributed by atoms with Crippen LogP contribution in [0, 0.1) is 11.3 Å². The van der Waals surface area contributed by atoms with Crippen LogP contribution in [0.25, 0.3) is 0 Å². The van der Waals surface area contributed by atoms with E-state index < -0.39 is 0 Å². The van der Waals surface area contributed by atoms with Gasteiger partial charge in [-0.25, -0.2) is 0 Å². The van der Waals surface area contributed by atoms with Gasteiger partial charge in [-0.05, 0) is 6.07 Å². The van der Waals surface area contributed by atoms with E-state index >= 15 is 0 Å². The van der Waals surface area contributed by atoms with Gasteiger partial charge in [0.15, 0.2) is 5.09 Å². The highest BCUT2D eigenvalue weighted by atomic mass is 32.1. The molecular formula is C5H3NOS. The average Bonchev–Trinajstić information content (AvgIpc) is 2.14. The maximum atomic E-state index is 8.25. The monoisotopic (exact) mass is 125 g/mol. The summed E-state index contributed by atoms with van der Waals surface area (Å²) in [6, 6.07) is 3.48. The van der Waals surface area contributed by atoms with E-state index in [2.05, 4.69) is 12.6 Å². The Morgan fingerprint density at radius 2 is 2.50 bits per heavy atom. The van der Waals surface area contributed by atoms with Crippen LogP contribution in [0.5, 0.6) is 0 Å². The Bertz CT molecular complexity index is 223. The smallest absolute Gasteiger partial charge is 0.174 e. The molecule has 0 spiro atoms. The van der Waals surface area contributed by atoms with E-state index in [-0.39, 0.29) is 0 Å². The molecule has 1 aromatic heterocycles. The molecule has 0 atom stereocenters. The van der Waals surface area contributed by atoms with E-state index in [9.17, 15) is 0 Å². The summed E-state index contributed by atoms with van der Waals surface area (Å²) in [6.45, 7) is 0. The highest BCUT2D eigenvalue weighted by Gasteiger charge is 1.96. The molecule has 0 fully saturated rings. The van der Waals surface area contributed by atoms with Gasteiger partial charge in [0.25, 0.3) is 0 Å². The van der Waals surface area contributed by atoms with Crippen LogP contribution in [0.1, 0.15) is 5.56 Å². The van der Waals surface area contributed by atoms with E-state index in [0.29, 0.717) is 10.7 Å². The van der Waals surface area contributed by atoms with Gasteiger partial charge in [0.2, 0.25) is 0 Å². The lowest BCUT2D eigenvalue weighted by Gasteiger charge is -1.75. The highest BCUT2D eigenvalue weighted by molar-refractivity contribution is 7.80. The summed E-state index contributed by atoms with van der Waals surface area (Å²) < 4.78 is 4.70. The number of thiol groups is 1. The van der Waals surface area contributed by atoms with Crippen LogP contribution in [0.4, 0.5) is 0 Å². The maximum absolute atomic E-state index is 8.25.